The van der Waals surface area contributed by atoms with Crippen molar-refractivity contribution >= 4 is 39.1 Å². The van der Waals surface area contributed by atoms with Crippen molar-refractivity contribution in [3.05, 3.63) is 33.8 Å². The Balaban J connectivity index is 2.61. The van der Waals surface area contributed by atoms with E-state index in [1.807, 2.05) is 18.2 Å². The second kappa shape index (κ2) is 6.12. The van der Waals surface area contributed by atoms with Crippen LogP contribution in [0.3, 0.4) is 0 Å². The zero-order chi connectivity index (χ0) is 11.4. The van der Waals surface area contributed by atoms with Crippen molar-refractivity contribution in [2.45, 2.75) is 31.5 Å². The molecule has 0 aliphatic heterocycles. The van der Waals surface area contributed by atoms with Crippen LogP contribution in [0.25, 0.3) is 0 Å². The minimum atomic E-state index is 0.535. The van der Waals surface area contributed by atoms with Crippen LogP contribution in [-0.4, -0.2) is 4.83 Å². The van der Waals surface area contributed by atoms with Gasteiger partial charge in [-0.1, -0.05) is 53.0 Å². The predicted octanol–water partition coefficient (Wildman–Crippen LogP) is 5.35. The molecule has 0 nitrogen and oxygen atoms in total. The molecule has 0 spiro atoms. The first-order valence-electron chi connectivity index (χ1n) is 5.08. The molecule has 0 N–H and O–H groups in total. The average molecular weight is 310 g/mol. The van der Waals surface area contributed by atoms with E-state index in [0.717, 1.165) is 28.5 Å². The van der Waals surface area contributed by atoms with E-state index in [1.54, 1.807) is 0 Å². The molecular formula is C12H15BrCl2. The summed E-state index contributed by atoms with van der Waals surface area (Å²) in [5, 5.41) is 1.56. The Labute approximate surface area is 110 Å². The normalized spacial score (nSPS) is 13.2. The maximum Gasteiger partial charge on any atom is 0.0439 e. The van der Waals surface area contributed by atoms with Gasteiger partial charge in [0.25, 0.3) is 0 Å². The molecule has 0 fully saturated rings. The van der Waals surface area contributed by atoms with Crippen LogP contribution in [-0.2, 0) is 6.42 Å². The van der Waals surface area contributed by atoms with E-state index in [4.69, 9.17) is 23.2 Å². The lowest BCUT2D eigenvalue weighted by molar-refractivity contribution is 0.582. The highest BCUT2D eigenvalue weighted by molar-refractivity contribution is 9.09. The van der Waals surface area contributed by atoms with Crippen LogP contribution < -0.4 is 0 Å². The number of rotatable bonds is 4. The summed E-state index contributed by atoms with van der Waals surface area (Å²) in [6.07, 6.45) is 2.05. The molecule has 84 valence electrons. The molecular weight excluding hydrogens is 295 g/mol. The first-order chi connectivity index (χ1) is 7.00. The van der Waals surface area contributed by atoms with Gasteiger partial charge in [0, 0.05) is 14.9 Å². The fourth-order valence-electron chi connectivity index (χ4n) is 1.36. The van der Waals surface area contributed by atoms with Crippen LogP contribution >= 0.6 is 39.1 Å². The van der Waals surface area contributed by atoms with Gasteiger partial charge in [-0.2, -0.15) is 0 Å². The van der Waals surface area contributed by atoms with Crippen molar-refractivity contribution in [1.29, 1.82) is 0 Å². The molecule has 1 aromatic rings. The van der Waals surface area contributed by atoms with Crippen molar-refractivity contribution in [3.63, 3.8) is 0 Å². The zero-order valence-electron chi connectivity index (χ0n) is 8.93. The van der Waals surface area contributed by atoms with Crippen LogP contribution in [0, 0.1) is 5.92 Å². The number of hydrogen-bond acceptors (Lipinski definition) is 0. The SMILES string of the molecule is CC(C)C(Br)CCc1cc(Cl)ccc1Cl. The molecule has 15 heavy (non-hydrogen) atoms. The van der Waals surface area contributed by atoms with Crippen LogP contribution in [0.1, 0.15) is 25.8 Å². The van der Waals surface area contributed by atoms with Crippen molar-refractivity contribution in [2.24, 2.45) is 5.92 Å². The van der Waals surface area contributed by atoms with Crippen molar-refractivity contribution in [3.8, 4) is 0 Å². The van der Waals surface area contributed by atoms with Crippen LogP contribution in [0.4, 0.5) is 0 Å². The predicted molar refractivity (Wildman–Crippen MR) is 72.3 cm³/mol. The summed E-state index contributed by atoms with van der Waals surface area (Å²) in [6, 6.07) is 5.63. The molecule has 0 saturated heterocycles. The summed E-state index contributed by atoms with van der Waals surface area (Å²) < 4.78 is 0. The molecule has 0 amide bonds. The molecule has 3 heteroatoms. The molecule has 0 radical (unpaired) electrons. The number of benzene rings is 1. The Morgan fingerprint density at radius 3 is 2.53 bits per heavy atom. The van der Waals surface area contributed by atoms with Gasteiger partial charge in [-0.15, -0.1) is 0 Å². The van der Waals surface area contributed by atoms with E-state index in [-0.39, 0.29) is 0 Å². The third kappa shape index (κ3) is 4.34. The molecule has 0 saturated carbocycles. The minimum Gasteiger partial charge on any atom is -0.0888 e. The summed E-state index contributed by atoms with van der Waals surface area (Å²) in [5.74, 6) is 0.642. The second-order valence-electron chi connectivity index (χ2n) is 4.03. The Kier molecular flexibility index (Phi) is 5.45. The van der Waals surface area contributed by atoms with E-state index in [9.17, 15) is 0 Å². The van der Waals surface area contributed by atoms with Crippen molar-refractivity contribution in [2.75, 3.05) is 0 Å². The standard InChI is InChI=1S/C12H15BrCl2/c1-8(2)11(13)5-3-9-7-10(14)4-6-12(9)15/h4,6-8,11H,3,5H2,1-2H3. The molecule has 0 aliphatic carbocycles. The third-order valence-electron chi connectivity index (χ3n) is 2.42. The Morgan fingerprint density at radius 1 is 1.27 bits per heavy atom. The van der Waals surface area contributed by atoms with Gasteiger partial charge in [-0.25, -0.2) is 0 Å². The van der Waals surface area contributed by atoms with Gasteiger partial charge < -0.3 is 0 Å². The van der Waals surface area contributed by atoms with Gasteiger partial charge in [0.05, 0.1) is 0 Å². The van der Waals surface area contributed by atoms with Gasteiger partial charge in [0.2, 0.25) is 0 Å². The summed E-state index contributed by atoms with van der Waals surface area (Å²) >= 11 is 15.7. The first-order valence-corrected chi connectivity index (χ1v) is 6.76. The summed E-state index contributed by atoms with van der Waals surface area (Å²) in [6.45, 7) is 4.41. The zero-order valence-corrected chi connectivity index (χ0v) is 12.0. The third-order valence-corrected chi connectivity index (χ3v) is 4.54. The number of aryl methyl sites for hydroxylation is 1. The molecule has 1 aromatic carbocycles. The average Bonchev–Trinajstić information content (AvgIpc) is 2.18. The Morgan fingerprint density at radius 2 is 1.93 bits per heavy atom. The molecule has 0 heterocycles. The topological polar surface area (TPSA) is 0 Å². The van der Waals surface area contributed by atoms with Crippen LogP contribution in [0.5, 0.6) is 0 Å². The quantitative estimate of drug-likeness (QED) is 0.658. The lowest BCUT2D eigenvalue weighted by Crippen LogP contribution is -2.08. The highest BCUT2D eigenvalue weighted by Gasteiger charge is 2.10. The molecule has 0 bridgehead atoms. The van der Waals surface area contributed by atoms with E-state index >= 15 is 0 Å². The Bertz CT molecular complexity index is 323. The lowest BCUT2D eigenvalue weighted by atomic mass is 10.0. The van der Waals surface area contributed by atoms with Gasteiger partial charge >= 0.3 is 0 Å². The smallest absolute Gasteiger partial charge is 0.0439 e. The van der Waals surface area contributed by atoms with E-state index < -0.39 is 0 Å². The number of alkyl halides is 1. The fraction of sp³-hybridized carbons (Fsp3) is 0.500. The van der Waals surface area contributed by atoms with Gasteiger partial charge in [-0.3, -0.25) is 0 Å². The molecule has 1 rings (SSSR count). The monoisotopic (exact) mass is 308 g/mol. The lowest BCUT2D eigenvalue weighted by Gasteiger charge is -2.13. The second-order valence-corrected chi connectivity index (χ2v) is 6.05. The summed E-state index contributed by atoms with van der Waals surface area (Å²) in [7, 11) is 0. The van der Waals surface area contributed by atoms with Crippen molar-refractivity contribution in [1.82, 2.24) is 0 Å². The van der Waals surface area contributed by atoms with Gasteiger partial charge in [-0.05, 0) is 42.5 Å². The fourth-order valence-corrected chi connectivity index (χ4v) is 2.00. The first kappa shape index (κ1) is 13.3. The Hall–Kier alpha value is 0.280. The minimum absolute atomic E-state index is 0.535. The number of halogens is 3. The van der Waals surface area contributed by atoms with Crippen LogP contribution in [0.15, 0.2) is 18.2 Å². The highest BCUT2D eigenvalue weighted by Crippen LogP contribution is 2.25. The number of hydrogen-bond donors (Lipinski definition) is 0. The maximum atomic E-state index is 6.09. The maximum absolute atomic E-state index is 6.09. The van der Waals surface area contributed by atoms with E-state index in [2.05, 4.69) is 29.8 Å². The molecule has 0 aliphatic rings. The van der Waals surface area contributed by atoms with Crippen LogP contribution in [0.2, 0.25) is 10.0 Å². The van der Waals surface area contributed by atoms with Gasteiger partial charge in [0.1, 0.15) is 0 Å². The molecule has 0 aromatic heterocycles. The largest absolute Gasteiger partial charge is 0.0888 e. The molecule has 1 atom stereocenters. The van der Waals surface area contributed by atoms with Crippen molar-refractivity contribution < 1.29 is 0 Å². The van der Waals surface area contributed by atoms with Gasteiger partial charge in [0.15, 0.2) is 0 Å². The molecule has 1 unspecified atom stereocenters. The summed E-state index contributed by atoms with van der Waals surface area (Å²) in [5.41, 5.74) is 1.13. The highest BCUT2D eigenvalue weighted by atomic mass is 79.9. The van der Waals surface area contributed by atoms with E-state index in [1.165, 1.54) is 0 Å². The van der Waals surface area contributed by atoms with E-state index in [0.29, 0.717) is 10.7 Å². The summed E-state index contributed by atoms with van der Waals surface area (Å²) in [4.78, 5) is 0.535.